The molecule has 1 aromatic carbocycles. The Balaban J connectivity index is 2.20. The van der Waals surface area contributed by atoms with Crippen LogP contribution in [0.2, 0.25) is 0 Å². The minimum absolute atomic E-state index is 0.150. The number of nitro benzene ring substituents is 1. The van der Waals surface area contributed by atoms with Gasteiger partial charge in [0.05, 0.1) is 22.3 Å². The molecule has 0 radical (unpaired) electrons. The highest BCUT2D eigenvalue weighted by Crippen LogP contribution is 2.20. The summed E-state index contributed by atoms with van der Waals surface area (Å²) in [5.74, 6) is -0.727. The molecule has 1 amide bonds. The molecule has 1 heterocycles. The summed E-state index contributed by atoms with van der Waals surface area (Å²) in [5, 5.41) is 14.3. The Bertz CT molecular complexity index is 714. The van der Waals surface area contributed by atoms with Crippen molar-refractivity contribution < 1.29 is 18.1 Å². The number of benzene rings is 1. The zero-order valence-electron chi connectivity index (χ0n) is 9.95. The van der Waals surface area contributed by atoms with Crippen molar-refractivity contribution in [3.8, 4) is 0 Å². The lowest BCUT2D eigenvalue weighted by atomic mass is 10.2. The minimum atomic E-state index is -3.26. The smallest absolute Gasteiger partial charge is 0.270 e. The molecule has 0 bridgehead atoms. The SMILES string of the molecule is O=C(NC1C=CS(=O)(=O)C1)c1cc([N+](=O)[O-])ccc1I. The molecule has 0 aromatic heterocycles. The molecule has 1 aliphatic rings. The predicted molar refractivity (Wildman–Crippen MR) is 80.0 cm³/mol. The van der Waals surface area contributed by atoms with E-state index in [1.807, 2.05) is 22.6 Å². The molecule has 20 heavy (non-hydrogen) atoms. The van der Waals surface area contributed by atoms with E-state index in [-0.39, 0.29) is 17.0 Å². The molecule has 7 nitrogen and oxygen atoms in total. The van der Waals surface area contributed by atoms with Gasteiger partial charge in [-0.05, 0) is 34.7 Å². The fourth-order valence-corrected chi connectivity index (χ4v) is 3.53. The minimum Gasteiger partial charge on any atom is -0.345 e. The van der Waals surface area contributed by atoms with Crippen molar-refractivity contribution in [3.63, 3.8) is 0 Å². The summed E-state index contributed by atoms with van der Waals surface area (Å²) >= 11 is 1.89. The molecule has 1 unspecified atom stereocenters. The van der Waals surface area contributed by atoms with Gasteiger partial charge in [-0.15, -0.1) is 0 Å². The average Bonchev–Trinajstić information content (AvgIpc) is 2.68. The van der Waals surface area contributed by atoms with Crippen LogP contribution in [0.4, 0.5) is 5.69 Å². The van der Waals surface area contributed by atoms with Gasteiger partial charge in [-0.3, -0.25) is 14.9 Å². The van der Waals surface area contributed by atoms with Crippen molar-refractivity contribution >= 4 is 44.0 Å². The first-order valence-corrected chi connectivity index (χ1v) is 8.24. The molecule has 0 aliphatic carbocycles. The molecule has 1 atom stereocenters. The van der Waals surface area contributed by atoms with Crippen LogP contribution in [0, 0.1) is 13.7 Å². The number of carbonyl (C=O) groups excluding carboxylic acids is 1. The first-order chi connectivity index (χ1) is 9.28. The zero-order valence-corrected chi connectivity index (χ0v) is 12.9. The molecule has 1 aliphatic heterocycles. The Morgan fingerprint density at radius 1 is 1.45 bits per heavy atom. The number of nitrogens with zero attached hydrogens (tertiary/aromatic N) is 1. The van der Waals surface area contributed by atoms with Crippen LogP contribution in [-0.4, -0.2) is 31.0 Å². The number of nitro groups is 1. The summed E-state index contributed by atoms with van der Waals surface area (Å²) in [6.07, 6.45) is 1.39. The number of nitrogens with one attached hydrogen (secondary N) is 1. The Kier molecular flexibility index (Phi) is 4.09. The van der Waals surface area contributed by atoms with E-state index in [4.69, 9.17) is 0 Å². The number of non-ortho nitro benzene ring substituents is 1. The van der Waals surface area contributed by atoms with Crippen LogP contribution < -0.4 is 5.32 Å². The molecule has 2 rings (SSSR count). The highest BCUT2D eigenvalue weighted by Gasteiger charge is 2.24. The van der Waals surface area contributed by atoms with Gasteiger partial charge < -0.3 is 5.32 Å². The third kappa shape index (κ3) is 3.33. The average molecular weight is 408 g/mol. The van der Waals surface area contributed by atoms with E-state index in [0.29, 0.717) is 3.57 Å². The van der Waals surface area contributed by atoms with Crippen LogP contribution in [0.15, 0.2) is 29.7 Å². The van der Waals surface area contributed by atoms with Crippen LogP contribution in [0.1, 0.15) is 10.4 Å². The van der Waals surface area contributed by atoms with Gasteiger partial charge in [0, 0.05) is 21.1 Å². The Morgan fingerprint density at radius 3 is 2.70 bits per heavy atom. The van der Waals surface area contributed by atoms with E-state index in [1.165, 1.54) is 24.3 Å². The fraction of sp³-hybridized carbons (Fsp3) is 0.182. The molecule has 0 saturated carbocycles. The normalized spacial score (nSPS) is 19.8. The standard InChI is InChI=1S/C11H9IN2O5S/c12-10-2-1-8(14(16)17)5-9(10)11(15)13-7-3-4-20(18,19)6-7/h1-5,7H,6H2,(H,13,15). The Labute approximate surface area is 128 Å². The Hall–Kier alpha value is -1.49. The van der Waals surface area contributed by atoms with E-state index < -0.39 is 26.7 Å². The third-order valence-corrected chi connectivity index (χ3v) is 4.99. The quantitative estimate of drug-likeness (QED) is 0.460. The zero-order chi connectivity index (χ0) is 14.9. The summed E-state index contributed by atoms with van der Waals surface area (Å²) in [4.78, 5) is 22.1. The lowest BCUT2D eigenvalue weighted by molar-refractivity contribution is -0.384. The maximum absolute atomic E-state index is 12.0. The van der Waals surface area contributed by atoms with Gasteiger partial charge in [-0.25, -0.2) is 8.42 Å². The van der Waals surface area contributed by atoms with Gasteiger partial charge in [-0.2, -0.15) is 0 Å². The van der Waals surface area contributed by atoms with Crippen LogP contribution in [0.3, 0.4) is 0 Å². The number of halogens is 1. The van der Waals surface area contributed by atoms with Crippen molar-refractivity contribution in [1.29, 1.82) is 0 Å². The van der Waals surface area contributed by atoms with Gasteiger partial charge in [0.2, 0.25) is 0 Å². The van der Waals surface area contributed by atoms with Gasteiger partial charge in [0.25, 0.3) is 11.6 Å². The molecular weight excluding hydrogens is 399 g/mol. The van der Waals surface area contributed by atoms with E-state index in [9.17, 15) is 23.3 Å². The van der Waals surface area contributed by atoms with Crippen molar-refractivity contribution in [2.24, 2.45) is 0 Å². The molecule has 9 heteroatoms. The van der Waals surface area contributed by atoms with E-state index in [2.05, 4.69) is 5.32 Å². The molecule has 0 spiro atoms. The van der Waals surface area contributed by atoms with Gasteiger partial charge >= 0.3 is 0 Å². The number of amides is 1. The Morgan fingerprint density at radius 2 is 2.15 bits per heavy atom. The predicted octanol–water partition coefficient (Wildman–Crippen LogP) is 1.24. The van der Waals surface area contributed by atoms with Crippen LogP contribution >= 0.6 is 22.6 Å². The molecule has 0 saturated heterocycles. The summed E-state index contributed by atoms with van der Waals surface area (Å²) in [5.41, 5.74) is -0.0392. The first-order valence-electron chi connectivity index (χ1n) is 5.44. The monoisotopic (exact) mass is 408 g/mol. The molecule has 1 N–H and O–H groups in total. The first kappa shape index (κ1) is 14.9. The second kappa shape index (κ2) is 5.48. The number of sulfone groups is 1. The molecule has 0 fully saturated rings. The van der Waals surface area contributed by atoms with Crippen LogP contribution in [0.5, 0.6) is 0 Å². The second-order valence-corrected chi connectivity index (χ2v) is 7.25. The molecule has 1 aromatic rings. The third-order valence-electron chi connectivity index (χ3n) is 2.65. The maximum atomic E-state index is 12.0. The van der Waals surface area contributed by atoms with Crippen molar-refractivity contribution in [2.45, 2.75) is 6.04 Å². The van der Waals surface area contributed by atoms with E-state index in [1.54, 1.807) is 0 Å². The van der Waals surface area contributed by atoms with Gasteiger partial charge in [0.15, 0.2) is 9.84 Å². The summed E-state index contributed by atoms with van der Waals surface area (Å²) < 4.78 is 23.0. The number of rotatable bonds is 3. The van der Waals surface area contributed by atoms with Crippen molar-refractivity contribution in [2.75, 3.05) is 5.75 Å². The van der Waals surface area contributed by atoms with Crippen LogP contribution in [-0.2, 0) is 9.84 Å². The lowest BCUT2D eigenvalue weighted by Gasteiger charge is -2.10. The highest BCUT2D eigenvalue weighted by atomic mass is 127. The largest absolute Gasteiger partial charge is 0.345 e. The molecular formula is C11H9IN2O5S. The molecule has 106 valence electrons. The maximum Gasteiger partial charge on any atom is 0.270 e. The summed E-state index contributed by atoms with van der Waals surface area (Å²) in [6.45, 7) is 0. The number of hydrogen-bond acceptors (Lipinski definition) is 5. The van der Waals surface area contributed by atoms with E-state index >= 15 is 0 Å². The lowest BCUT2D eigenvalue weighted by Crippen LogP contribution is -2.35. The van der Waals surface area contributed by atoms with Crippen LogP contribution in [0.25, 0.3) is 0 Å². The topological polar surface area (TPSA) is 106 Å². The van der Waals surface area contributed by atoms with Crippen molar-refractivity contribution in [1.82, 2.24) is 5.32 Å². The highest BCUT2D eigenvalue weighted by molar-refractivity contribution is 14.1. The van der Waals surface area contributed by atoms with E-state index in [0.717, 1.165) is 5.41 Å². The van der Waals surface area contributed by atoms with Gasteiger partial charge in [0.1, 0.15) is 0 Å². The second-order valence-electron chi connectivity index (χ2n) is 4.16. The van der Waals surface area contributed by atoms with Crippen molar-refractivity contribution in [3.05, 3.63) is 48.9 Å². The number of carbonyl (C=O) groups is 1. The summed E-state index contributed by atoms with van der Waals surface area (Å²) in [7, 11) is -3.26. The fourth-order valence-electron chi connectivity index (χ4n) is 1.71. The van der Waals surface area contributed by atoms with Gasteiger partial charge in [-0.1, -0.05) is 0 Å². The number of hydrogen-bond donors (Lipinski definition) is 1. The summed E-state index contributed by atoms with van der Waals surface area (Å²) in [6, 6.07) is 3.33.